The van der Waals surface area contributed by atoms with Crippen molar-refractivity contribution in [2.45, 2.75) is 31.7 Å². The van der Waals surface area contributed by atoms with Gasteiger partial charge in [0.2, 0.25) is 0 Å². The van der Waals surface area contributed by atoms with Gasteiger partial charge in [0.1, 0.15) is 5.82 Å². The minimum absolute atomic E-state index is 0.148. The van der Waals surface area contributed by atoms with Gasteiger partial charge in [-0.15, -0.1) is 0 Å². The predicted octanol–water partition coefficient (Wildman–Crippen LogP) is 3.82. The van der Waals surface area contributed by atoms with Crippen LogP contribution in [-0.2, 0) is 6.42 Å². The maximum atomic E-state index is 13.1. The molecule has 0 radical (unpaired) electrons. The number of halogens is 3. The molecule has 1 aromatic rings. The van der Waals surface area contributed by atoms with Crippen molar-refractivity contribution in [3.63, 3.8) is 0 Å². The molecule has 1 unspecified atom stereocenters. The largest absolute Gasteiger partial charge is 0.314 e. The van der Waals surface area contributed by atoms with Gasteiger partial charge >= 0.3 is 0 Å². The van der Waals surface area contributed by atoms with Crippen LogP contribution in [0.15, 0.2) is 12.1 Å². The molecule has 4 heteroatoms. The number of hydrogen-bond donors (Lipinski definition) is 1. The van der Waals surface area contributed by atoms with E-state index in [9.17, 15) is 4.39 Å². The first-order chi connectivity index (χ1) is 7.66. The van der Waals surface area contributed by atoms with Crippen LogP contribution in [0.4, 0.5) is 4.39 Å². The average Bonchev–Trinajstić information content (AvgIpc) is 2.27. The molecule has 2 rings (SSSR count). The topological polar surface area (TPSA) is 12.0 Å². The van der Waals surface area contributed by atoms with Gasteiger partial charge in [-0.2, -0.15) is 0 Å². The summed E-state index contributed by atoms with van der Waals surface area (Å²) in [6.45, 7) is 1.05. The van der Waals surface area contributed by atoms with E-state index in [1.54, 1.807) is 6.07 Å². The monoisotopic (exact) mass is 261 g/mol. The fourth-order valence-electron chi connectivity index (χ4n) is 2.08. The van der Waals surface area contributed by atoms with Crippen molar-refractivity contribution in [1.29, 1.82) is 0 Å². The van der Waals surface area contributed by atoms with Gasteiger partial charge in [0.05, 0.1) is 5.02 Å². The Hall–Kier alpha value is -0.310. The Morgan fingerprint density at radius 2 is 2.06 bits per heavy atom. The van der Waals surface area contributed by atoms with Gasteiger partial charge in [0.15, 0.2) is 0 Å². The van der Waals surface area contributed by atoms with Crippen molar-refractivity contribution in [1.82, 2.24) is 5.32 Å². The quantitative estimate of drug-likeness (QED) is 0.799. The smallest absolute Gasteiger partial charge is 0.143 e. The lowest BCUT2D eigenvalue weighted by molar-refractivity contribution is 0.399. The van der Waals surface area contributed by atoms with Crippen molar-refractivity contribution in [2.24, 2.45) is 0 Å². The molecule has 1 aliphatic rings. The zero-order chi connectivity index (χ0) is 11.5. The van der Waals surface area contributed by atoms with E-state index in [0.717, 1.165) is 24.9 Å². The highest BCUT2D eigenvalue weighted by Crippen LogP contribution is 2.26. The number of hydrogen-bond acceptors (Lipinski definition) is 1. The van der Waals surface area contributed by atoms with Gasteiger partial charge < -0.3 is 5.32 Å². The van der Waals surface area contributed by atoms with Crippen molar-refractivity contribution < 1.29 is 4.39 Å². The van der Waals surface area contributed by atoms with E-state index in [2.05, 4.69) is 5.32 Å². The van der Waals surface area contributed by atoms with Crippen LogP contribution in [0, 0.1) is 5.82 Å². The molecule has 88 valence electrons. The molecule has 0 spiro atoms. The first-order valence-electron chi connectivity index (χ1n) is 5.53. The van der Waals surface area contributed by atoms with Crippen LogP contribution in [0.2, 0.25) is 10.0 Å². The molecule has 1 aliphatic heterocycles. The molecule has 0 saturated carbocycles. The third-order valence-corrected chi connectivity index (χ3v) is 3.61. The third kappa shape index (κ3) is 2.88. The van der Waals surface area contributed by atoms with Crippen LogP contribution in [0.1, 0.15) is 24.8 Å². The molecule has 1 saturated heterocycles. The summed E-state index contributed by atoms with van der Waals surface area (Å²) in [5, 5.41) is 4.05. The van der Waals surface area contributed by atoms with Crippen LogP contribution in [-0.4, -0.2) is 12.6 Å². The molecule has 0 bridgehead atoms. The Morgan fingerprint density at radius 3 is 2.75 bits per heavy atom. The Kier molecular flexibility index (Phi) is 4.06. The molecular formula is C12H14Cl2FN. The Labute approximate surface area is 105 Å². The zero-order valence-electron chi connectivity index (χ0n) is 8.90. The second-order valence-electron chi connectivity index (χ2n) is 4.21. The average molecular weight is 262 g/mol. The summed E-state index contributed by atoms with van der Waals surface area (Å²) >= 11 is 11.7. The highest BCUT2D eigenvalue weighted by atomic mass is 35.5. The molecule has 1 heterocycles. The molecule has 1 nitrogen and oxygen atoms in total. The third-order valence-electron chi connectivity index (χ3n) is 2.97. The summed E-state index contributed by atoms with van der Waals surface area (Å²) in [5.74, 6) is -0.452. The Balaban J connectivity index is 2.11. The second-order valence-corrected chi connectivity index (χ2v) is 5.02. The summed E-state index contributed by atoms with van der Waals surface area (Å²) < 4.78 is 13.1. The van der Waals surface area contributed by atoms with Crippen molar-refractivity contribution in [3.8, 4) is 0 Å². The second kappa shape index (κ2) is 5.35. The molecule has 1 atom stereocenters. The molecular weight excluding hydrogens is 248 g/mol. The van der Waals surface area contributed by atoms with E-state index < -0.39 is 5.82 Å². The summed E-state index contributed by atoms with van der Waals surface area (Å²) in [4.78, 5) is 0. The van der Waals surface area contributed by atoms with Crippen LogP contribution in [0.25, 0.3) is 0 Å². The van der Waals surface area contributed by atoms with Crippen molar-refractivity contribution in [2.75, 3.05) is 6.54 Å². The molecule has 1 fully saturated rings. The van der Waals surface area contributed by atoms with Gasteiger partial charge in [-0.05, 0) is 43.5 Å². The molecule has 1 aromatic carbocycles. The number of piperidine rings is 1. The molecule has 0 aromatic heterocycles. The summed E-state index contributed by atoms with van der Waals surface area (Å²) in [6, 6.07) is 3.37. The van der Waals surface area contributed by atoms with Crippen LogP contribution < -0.4 is 5.32 Å². The van der Waals surface area contributed by atoms with Crippen molar-refractivity contribution >= 4 is 23.2 Å². The van der Waals surface area contributed by atoms with Gasteiger partial charge in [-0.3, -0.25) is 0 Å². The molecule has 0 aliphatic carbocycles. The van der Waals surface area contributed by atoms with E-state index in [-0.39, 0.29) is 5.02 Å². The Bertz CT molecular complexity index is 376. The lowest BCUT2D eigenvalue weighted by atomic mass is 9.98. The molecule has 1 N–H and O–H groups in total. The van der Waals surface area contributed by atoms with E-state index >= 15 is 0 Å². The van der Waals surface area contributed by atoms with Crippen LogP contribution in [0.5, 0.6) is 0 Å². The predicted molar refractivity (Wildman–Crippen MR) is 65.8 cm³/mol. The van der Waals surface area contributed by atoms with E-state index in [4.69, 9.17) is 23.2 Å². The van der Waals surface area contributed by atoms with Gasteiger partial charge in [-0.1, -0.05) is 29.6 Å². The maximum Gasteiger partial charge on any atom is 0.143 e. The maximum absolute atomic E-state index is 13.1. The van der Waals surface area contributed by atoms with E-state index in [1.165, 1.54) is 18.9 Å². The molecule has 0 amide bonds. The number of rotatable bonds is 2. The first kappa shape index (κ1) is 12.2. The number of nitrogens with one attached hydrogen (secondary N) is 1. The highest BCUT2D eigenvalue weighted by Gasteiger charge is 2.15. The van der Waals surface area contributed by atoms with E-state index in [0.29, 0.717) is 11.1 Å². The number of benzene rings is 1. The van der Waals surface area contributed by atoms with Crippen LogP contribution >= 0.6 is 23.2 Å². The normalized spacial score (nSPS) is 21.1. The zero-order valence-corrected chi connectivity index (χ0v) is 10.4. The van der Waals surface area contributed by atoms with Crippen LogP contribution in [0.3, 0.4) is 0 Å². The van der Waals surface area contributed by atoms with Gasteiger partial charge in [0, 0.05) is 11.1 Å². The Morgan fingerprint density at radius 1 is 1.25 bits per heavy atom. The van der Waals surface area contributed by atoms with Gasteiger partial charge in [0.25, 0.3) is 0 Å². The molecule has 16 heavy (non-hydrogen) atoms. The highest BCUT2D eigenvalue weighted by molar-refractivity contribution is 6.33. The lowest BCUT2D eigenvalue weighted by Gasteiger charge is -2.23. The van der Waals surface area contributed by atoms with Crippen molar-refractivity contribution in [3.05, 3.63) is 33.6 Å². The standard InChI is InChI=1S/C12H14Cl2FN/c13-10-7-12(15)11(14)6-8(10)5-9-3-1-2-4-16-9/h6-7,9,16H,1-5H2. The summed E-state index contributed by atoms with van der Waals surface area (Å²) in [7, 11) is 0. The first-order valence-corrected chi connectivity index (χ1v) is 6.29. The lowest BCUT2D eigenvalue weighted by Crippen LogP contribution is -2.35. The van der Waals surface area contributed by atoms with E-state index in [1.807, 2.05) is 0 Å². The summed E-state index contributed by atoms with van der Waals surface area (Å²) in [5.41, 5.74) is 0.924. The minimum atomic E-state index is -0.452. The fraction of sp³-hybridized carbons (Fsp3) is 0.500. The SMILES string of the molecule is Fc1cc(Cl)c(CC2CCCCN2)cc1Cl. The fourth-order valence-corrected chi connectivity index (χ4v) is 2.50. The minimum Gasteiger partial charge on any atom is -0.314 e. The summed E-state index contributed by atoms with van der Waals surface area (Å²) in [6.07, 6.45) is 4.43. The van der Waals surface area contributed by atoms with Gasteiger partial charge in [-0.25, -0.2) is 4.39 Å².